The van der Waals surface area contributed by atoms with Gasteiger partial charge in [-0.2, -0.15) is 0 Å². The van der Waals surface area contributed by atoms with Crippen LogP contribution in [0.4, 0.5) is 0 Å². The van der Waals surface area contributed by atoms with E-state index in [1.807, 2.05) is 18.2 Å². The number of nitrogens with zero attached hydrogens (tertiary/aromatic N) is 2. The van der Waals surface area contributed by atoms with Crippen molar-refractivity contribution >= 4 is 11.9 Å². The van der Waals surface area contributed by atoms with Crippen molar-refractivity contribution in [2.24, 2.45) is 0 Å². The molecule has 1 unspecified atom stereocenters. The molecule has 0 bridgehead atoms. The number of aromatic nitrogens is 1. The molecule has 1 fully saturated rings. The lowest BCUT2D eigenvalue weighted by atomic mass is 10.1. The highest BCUT2D eigenvalue weighted by Crippen LogP contribution is 2.15. The molecular weight excluding hydrogens is 320 g/mol. The van der Waals surface area contributed by atoms with E-state index in [0.717, 1.165) is 12.8 Å². The number of aromatic carboxylic acids is 1. The topological polar surface area (TPSA) is 79.7 Å². The first-order valence-electron chi connectivity index (χ1n) is 8.27. The number of carbonyl (C=O) groups is 2. The predicted octanol–water partition coefficient (Wildman–Crippen LogP) is 2.25. The fourth-order valence-electron chi connectivity index (χ4n) is 2.89. The van der Waals surface area contributed by atoms with Gasteiger partial charge in [-0.25, -0.2) is 4.79 Å². The Bertz CT molecular complexity index is 748. The molecular formula is C19H20N2O4. The maximum atomic E-state index is 12.6. The normalized spacial score (nSPS) is 17.3. The number of hydrogen-bond acceptors (Lipinski definition) is 4. The van der Waals surface area contributed by atoms with Crippen molar-refractivity contribution in [1.29, 1.82) is 0 Å². The van der Waals surface area contributed by atoms with Crippen molar-refractivity contribution in [3.05, 3.63) is 65.5 Å². The quantitative estimate of drug-likeness (QED) is 0.903. The lowest BCUT2D eigenvalue weighted by Crippen LogP contribution is -2.46. The summed E-state index contributed by atoms with van der Waals surface area (Å²) < 4.78 is 5.77. The molecule has 0 radical (unpaired) electrons. The Morgan fingerprint density at radius 3 is 2.80 bits per heavy atom. The minimum atomic E-state index is -1.07. The smallest absolute Gasteiger partial charge is 0.335 e. The van der Waals surface area contributed by atoms with Crippen LogP contribution >= 0.6 is 0 Å². The van der Waals surface area contributed by atoms with Crippen molar-refractivity contribution in [3.63, 3.8) is 0 Å². The Labute approximate surface area is 146 Å². The molecule has 0 spiro atoms. The van der Waals surface area contributed by atoms with Crippen LogP contribution in [0.25, 0.3) is 0 Å². The van der Waals surface area contributed by atoms with Gasteiger partial charge in [-0.3, -0.25) is 9.78 Å². The average molecular weight is 340 g/mol. The molecule has 1 saturated heterocycles. The van der Waals surface area contributed by atoms with E-state index in [0.29, 0.717) is 19.7 Å². The third-order valence-corrected chi connectivity index (χ3v) is 4.25. The van der Waals surface area contributed by atoms with Crippen LogP contribution in [0.15, 0.2) is 48.7 Å². The minimum absolute atomic E-state index is 0.0273. The fraction of sp³-hybridized carbons (Fsp3) is 0.316. The number of rotatable bonds is 5. The molecule has 0 aliphatic carbocycles. The third-order valence-electron chi connectivity index (χ3n) is 4.25. The van der Waals surface area contributed by atoms with E-state index in [9.17, 15) is 9.59 Å². The molecule has 2 heterocycles. The summed E-state index contributed by atoms with van der Waals surface area (Å²) in [4.78, 5) is 29.4. The van der Waals surface area contributed by atoms with Gasteiger partial charge in [0, 0.05) is 19.3 Å². The molecule has 1 amide bonds. The highest BCUT2D eigenvalue weighted by atomic mass is 16.5. The van der Waals surface area contributed by atoms with Crippen LogP contribution in [0.3, 0.4) is 0 Å². The maximum absolute atomic E-state index is 12.6. The lowest BCUT2D eigenvalue weighted by molar-refractivity contribution is -0.0247. The number of morpholine rings is 1. The third kappa shape index (κ3) is 4.42. The SMILES string of the molecule is O=C(O)c1ccnc(C(=O)N2CCOC(CCc3ccccc3)C2)c1. The molecule has 1 aliphatic rings. The molecule has 2 aromatic rings. The predicted molar refractivity (Wildman–Crippen MR) is 91.6 cm³/mol. The number of aryl methyl sites for hydroxylation is 1. The van der Waals surface area contributed by atoms with Gasteiger partial charge in [0.15, 0.2) is 0 Å². The van der Waals surface area contributed by atoms with Crippen LogP contribution in [0.2, 0.25) is 0 Å². The van der Waals surface area contributed by atoms with Crippen molar-refractivity contribution < 1.29 is 19.4 Å². The molecule has 3 rings (SSSR count). The summed E-state index contributed by atoms with van der Waals surface area (Å²) in [5.74, 6) is -1.32. The largest absolute Gasteiger partial charge is 0.478 e. The number of amides is 1. The summed E-state index contributed by atoms with van der Waals surface area (Å²) in [6, 6.07) is 12.8. The van der Waals surface area contributed by atoms with Crippen LogP contribution in [0.5, 0.6) is 0 Å². The first-order chi connectivity index (χ1) is 12.1. The van der Waals surface area contributed by atoms with Crippen molar-refractivity contribution in [2.75, 3.05) is 19.7 Å². The first-order valence-corrected chi connectivity index (χ1v) is 8.27. The zero-order valence-corrected chi connectivity index (χ0v) is 13.8. The Morgan fingerprint density at radius 2 is 2.04 bits per heavy atom. The van der Waals surface area contributed by atoms with E-state index in [4.69, 9.17) is 9.84 Å². The highest BCUT2D eigenvalue weighted by Gasteiger charge is 2.26. The second-order valence-corrected chi connectivity index (χ2v) is 6.00. The standard InChI is InChI=1S/C19H20N2O4/c22-18(17-12-15(19(23)24)8-9-20-17)21-10-11-25-16(13-21)7-6-14-4-2-1-3-5-14/h1-5,8-9,12,16H,6-7,10-11,13H2,(H,23,24). The van der Waals surface area contributed by atoms with E-state index in [-0.39, 0.29) is 23.3 Å². The molecule has 6 heteroatoms. The van der Waals surface area contributed by atoms with Gasteiger partial charge < -0.3 is 14.7 Å². The molecule has 1 aliphatic heterocycles. The van der Waals surface area contributed by atoms with Crippen LogP contribution in [-0.2, 0) is 11.2 Å². The number of hydrogen-bond donors (Lipinski definition) is 1. The van der Waals surface area contributed by atoms with Gasteiger partial charge in [0.2, 0.25) is 0 Å². The van der Waals surface area contributed by atoms with E-state index < -0.39 is 5.97 Å². The monoisotopic (exact) mass is 340 g/mol. The zero-order valence-electron chi connectivity index (χ0n) is 13.8. The molecule has 1 aromatic heterocycles. The summed E-state index contributed by atoms with van der Waals surface area (Å²) in [6.07, 6.45) is 3.04. The molecule has 130 valence electrons. The fourth-order valence-corrected chi connectivity index (χ4v) is 2.89. The molecule has 6 nitrogen and oxygen atoms in total. The molecule has 1 atom stereocenters. The number of benzene rings is 1. The van der Waals surface area contributed by atoms with Crippen molar-refractivity contribution in [3.8, 4) is 0 Å². The van der Waals surface area contributed by atoms with Gasteiger partial charge in [-0.1, -0.05) is 30.3 Å². The number of ether oxygens (including phenoxy) is 1. The molecule has 0 saturated carbocycles. The van der Waals surface area contributed by atoms with Crippen molar-refractivity contribution in [1.82, 2.24) is 9.88 Å². The van der Waals surface area contributed by atoms with Gasteiger partial charge in [0.25, 0.3) is 5.91 Å². The summed E-state index contributed by atoms with van der Waals surface area (Å²) in [5.41, 5.74) is 1.46. The zero-order chi connectivity index (χ0) is 17.6. The number of carbonyl (C=O) groups excluding carboxylic acids is 1. The maximum Gasteiger partial charge on any atom is 0.335 e. The second-order valence-electron chi connectivity index (χ2n) is 6.00. The first kappa shape index (κ1) is 17.1. The Morgan fingerprint density at radius 1 is 1.24 bits per heavy atom. The Hall–Kier alpha value is -2.73. The van der Waals surface area contributed by atoms with Gasteiger partial charge in [0.05, 0.1) is 18.3 Å². The van der Waals surface area contributed by atoms with E-state index >= 15 is 0 Å². The van der Waals surface area contributed by atoms with Gasteiger partial charge in [-0.15, -0.1) is 0 Å². The Balaban J connectivity index is 1.61. The number of pyridine rings is 1. The van der Waals surface area contributed by atoms with Gasteiger partial charge in [-0.05, 0) is 30.5 Å². The lowest BCUT2D eigenvalue weighted by Gasteiger charge is -2.33. The summed E-state index contributed by atoms with van der Waals surface area (Å²) >= 11 is 0. The average Bonchev–Trinajstić information content (AvgIpc) is 2.67. The number of carboxylic acids is 1. The van der Waals surface area contributed by atoms with Crippen LogP contribution in [0.1, 0.15) is 32.8 Å². The summed E-state index contributed by atoms with van der Waals surface area (Å²) in [6.45, 7) is 1.45. The van der Waals surface area contributed by atoms with Crippen LogP contribution in [0, 0.1) is 0 Å². The van der Waals surface area contributed by atoms with E-state index in [1.54, 1.807) is 4.90 Å². The summed E-state index contributed by atoms with van der Waals surface area (Å²) in [7, 11) is 0. The van der Waals surface area contributed by atoms with E-state index in [2.05, 4.69) is 17.1 Å². The van der Waals surface area contributed by atoms with Gasteiger partial charge >= 0.3 is 5.97 Å². The van der Waals surface area contributed by atoms with Crippen molar-refractivity contribution in [2.45, 2.75) is 18.9 Å². The summed E-state index contributed by atoms with van der Waals surface area (Å²) in [5, 5.41) is 9.05. The van der Waals surface area contributed by atoms with Gasteiger partial charge in [0.1, 0.15) is 5.69 Å². The van der Waals surface area contributed by atoms with E-state index in [1.165, 1.54) is 23.9 Å². The minimum Gasteiger partial charge on any atom is -0.478 e. The second kappa shape index (κ2) is 7.90. The molecule has 1 aromatic carbocycles. The van der Waals surface area contributed by atoms with Crippen LogP contribution in [-0.4, -0.2) is 52.7 Å². The van der Waals surface area contributed by atoms with Crippen LogP contribution < -0.4 is 0 Å². The number of carboxylic acid groups (broad SMARTS) is 1. The molecule has 25 heavy (non-hydrogen) atoms. The Kier molecular flexibility index (Phi) is 5.40. The highest BCUT2D eigenvalue weighted by molar-refractivity contribution is 5.95. The molecule has 1 N–H and O–H groups in total.